The minimum Gasteiger partial charge on any atom is -0.370 e. The van der Waals surface area contributed by atoms with Crippen LogP contribution < -0.4 is 39.3 Å². The van der Waals surface area contributed by atoms with Gasteiger partial charge in [-0.2, -0.15) is 0 Å². The number of carbonyl (C=O) groups is 6. The maximum absolute atomic E-state index is 14.3. The van der Waals surface area contributed by atoms with Gasteiger partial charge >= 0.3 is 0 Å². The summed E-state index contributed by atoms with van der Waals surface area (Å²) in [5.41, 5.74) is 29.9. The van der Waals surface area contributed by atoms with Gasteiger partial charge in [-0.05, 0) is 63.4 Å². The van der Waals surface area contributed by atoms with Gasteiger partial charge in [-0.1, -0.05) is 42.7 Å². The van der Waals surface area contributed by atoms with E-state index in [1.807, 2.05) is 31.2 Å². The molecule has 7 atom stereocenters. The van der Waals surface area contributed by atoms with E-state index in [-0.39, 0.29) is 42.7 Å². The van der Waals surface area contributed by atoms with Crippen molar-refractivity contribution in [2.24, 2.45) is 39.6 Å². The van der Waals surface area contributed by atoms with Gasteiger partial charge in [-0.15, -0.1) is 0 Å². The lowest BCUT2D eigenvalue weighted by atomic mass is 9.84. The molecule has 3 aliphatic rings. The van der Waals surface area contributed by atoms with Crippen molar-refractivity contribution in [1.82, 2.24) is 20.4 Å². The molecule has 3 fully saturated rings. The van der Waals surface area contributed by atoms with Crippen LogP contribution in [0.4, 0.5) is 0 Å². The van der Waals surface area contributed by atoms with Crippen LogP contribution in [0.3, 0.4) is 0 Å². The lowest BCUT2D eigenvalue weighted by Crippen LogP contribution is -2.59. The Kier molecular flexibility index (Phi) is 13.2. The van der Waals surface area contributed by atoms with E-state index >= 15 is 0 Å². The second kappa shape index (κ2) is 17.3. The number of nitrogens with two attached hydrogens (primary N) is 5. The Morgan fingerprint density at radius 1 is 0.900 bits per heavy atom. The van der Waals surface area contributed by atoms with Gasteiger partial charge in [0, 0.05) is 25.6 Å². The highest BCUT2D eigenvalue weighted by Crippen LogP contribution is 2.41. The van der Waals surface area contributed by atoms with Crippen molar-refractivity contribution in [2.75, 3.05) is 13.1 Å². The number of likely N-dealkylation sites (tertiary alicyclic amines) is 2. The number of aryl methyl sites for hydroxylation is 1. The molecule has 2 aliphatic heterocycles. The molecule has 0 radical (unpaired) electrons. The number of hydrogen-bond acceptors (Lipinski definition) is 8. The van der Waals surface area contributed by atoms with E-state index in [0.717, 1.165) is 36.8 Å². The number of benzene rings is 1. The van der Waals surface area contributed by atoms with Crippen LogP contribution in [0.2, 0.25) is 0 Å². The van der Waals surface area contributed by atoms with Gasteiger partial charge in [0.25, 0.3) is 0 Å². The Hall–Kier alpha value is -4.73. The zero-order valence-electron chi connectivity index (χ0n) is 28.7. The van der Waals surface area contributed by atoms with Crippen LogP contribution in [-0.2, 0) is 35.2 Å². The molecule has 4 rings (SSSR count). The molecule has 2 heterocycles. The zero-order chi connectivity index (χ0) is 36.5. The minimum atomic E-state index is -1.42. The van der Waals surface area contributed by atoms with Crippen molar-refractivity contribution >= 4 is 41.4 Å². The van der Waals surface area contributed by atoms with Crippen molar-refractivity contribution in [3.8, 4) is 0 Å². The number of aliphatic imine (C=N–C) groups is 1. The normalized spacial score (nSPS) is 23.2. The Morgan fingerprint density at radius 2 is 1.60 bits per heavy atom. The molecule has 16 heteroatoms. The molecule has 0 bridgehead atoms. The molecule has 0 spiro atoms. The van der Waals surface area contributed by atoms with E-state index in [0.29, 0.717) is 38.6 Å². The summed E-state index contributed by atoms with van der Waals surface area (Å²) in [5, 5.41) is 5.14. The van der Waals surface area contributed by atoms with Crippen molar-refractivity contribution in [1.29, 1.82) is 0 Å². The molecule has 0 aromatic heterocycles. The second-order valence-electron chi connectivity index (χ2n) is 13.7. The lowest BCUT2D eigenvalue weighted by Gasteiger charge is -2.37. The van der Waals surface area contributed by atoms with Crippen LogP contribution in [-0.4, -0.2) is 101 Å². The number of rotatable bonds is 15. The van der Waals surface area contributed by atoms with Gasteiger partial charge in [0.2, 0.25) is 35.4 Å². The van der Waals surface area contributed by atoms with E-state index in [9.17, 15) is 28.8 Å². The number of nitrogens with zero attached hydrogens (tertiary/aromatic N) is 3. The smallest absolute Gasteiger partial charge is 0.246 e. The molecule has 1 saturated carbocycles. The zero-order valence-corrected chi connectivity index (χ0v) is 28.7. The highest BCUT2D eigenvalue weighted by atomic mass is 16.2. The third-order valence-corrected chi connectivity index (χ3v) is 10.0. The number of nitrogens with one attached hydrogen (secondary N) is 2. The third kappa shape index (κ3) is 9.70. The number of primary amides is 2. The molecule has 2 saturated heterocycles. The van der Waals surface area contributed by atoms with E-state index in [1.165, 1.54) is 4.90 Å². The Balaban J connectivity index is 1.46. The Morgan fingerprint density at radius 3 is 2.26 bits per heavy atom. The number of amides is 6. The number of guanidine groups is 1. The Bertz CT molecular complexity index is 1450. The standard InChI is InChI=1S/C34H52N10O6/c1-19-10-12-20(13-11-19)16-23(29(37)46)41-30(47)24(18-28(36)45)42-31(48)26-9-5-15-43(26)33(50)27-17-21-6-2-3-8-25(21)44(27)32(49)22(35)7-4-14-40-34(38)39/h10-13,21-27H,2-9,14-18,35H2,1H3,(H2,36,45)(H2,37,46)(H,41,47)(H,42,48)(H4,38,39,40)/t21-,22+,23-,24+,25-,26-,27-/m0/s1. The molecule has 0 unspecified atom stereocenters. The van der Waals surface area contributed by atoms with Crippen LogP contribution in [0, 0.1) is 12.8 Å². The van der Waals surface area contributed by atoms with Crippen molar-refractivity contribution < 1.29 is 28.8 Å². The fourth-order valence-electron chi connectivity index (χ4n) is 7.46. The van der Waals surface area contributed by atoms with Gasteiger partial charge in [-0.3, -0.25) is 33.8 Å². The van der Waals surface area contributed by atoms with E-state index < -0.39 is 60.3 Å². The summed E-state index contributed by atoms with van der Waals surface area (Å²) in [5.74, 6) is -3.65. The summed E-state index contributed by atoms with van der Waals surface area (Å²) < 4.78 is 0. The summed E-state index contributed by atoms with van der Waals surface area (Å²) >= 11 is 0. The first-order valence-corrected chi connectivity index (χ1v) is 17.4. The first kappa shape index (κ1) is 38.1. The summed E-state index contributed by atoms with van der Waals surface area (Å²) in [4.78, 5) is 86.5. The Labute approximate surface area is 292 Å². The predicted octanol–water partition coefficient (Wildman–Crippen LogP) is -1.60. The topological polar surface area (TPSA) is 275 Å². The fraction of sp³-hybridized carbons (Fsp3) is 0.618. The van der Waals surface area contributed by atoms with Crippen molar-refractivity contribution in [2.45, 2.75) is 114 Å². The number of carbonyl (C=O) groups excluding carboxylic acids is 6. The molecule has 50 heavy (non-hydrogen) atoms. The largest absolute Gasteiger partial charge is 0.370 e. The molecular formula is C34H52N10O6. The maximum atomic E-state index is 14.3. The van der Waals surface area contributed by atoms with Crippen LogP contribution in [0.1, 0.15) is 75.3 Å². The van der Waals surface area contributed by atoms with E-state index in [1.54, 1.807) is 4.90 Å². The lowest BCUT2D eigenvalue weighted by molar-refractivity contribution is -0.149. The molecular weight excluding hydrogens is 644 g/mol. The second-order valence-corrected chi connectivity index (χ2v) is 13.7. The summed E-state index contributed by atoms with van der Waals surface area (Å²) in [6, 6.07) is 2.11. The van der Waals surface area contributed by atoms with Crippen LogP contribution in [0.25, 0.3) is 0 Å². The quantitative estimate of drug-likeness (QED) is 0.0631. The molecule has 6 amide bonds. The van der Waals surface area contributed by atoms with Gasteiger partial charge < -0.3 is 49.1 Å². The molecule has 1 aliphatic carbocycles. The van der Waals surface area contributed by atoms with Gasteiger partial charge in [0.1, 0.15) is 24.2 Å². The van der Waals surface area contributed by atoms with Gasteiger partial charge in [0.05, 0.1) is 12.5 Å². The van der Waals surface area contributed by atoms with Crippen LogP contribution >= 0.6 is 0 Å². The first-order valence-electron chi connectivity index (χ1n) is 17.4. The minimum absolute atomic E-state index is 0.0427. The SMILES string of the molecule is Cc1ccc(C[C@H](NC(=O)[C@@H](CC(N)=O)NC(=O)[C@@H]2CCCN2C(=O)[C@@H]2C[C@@H]3CCCC[C@@H]3N2C(=O)[C@H](N)CCCN=C(N)N)C(N)=O)cc1. The molecule has 274 valence electrons. The number of hydrogen-bond donors (Lipinski definition) is 7. The maximum Gasteiger partial charge on any atom is 0.246 e. The van der Waals surface area contributed by atoms with Crippen molar-refractivity contribution in [3.63, 3.8) is 0 Å². The molecule has 1 aromatic carbocycles. The summed E-state index contributed by atoms with van der Waals surface area (Å²) in [6.45, 7) is 2.52. The predicted molar refractivity (Wildman–Crippen MR) is 185 cm³/mol. The third-order valence-electron chi connectivity index (χ3n) is 10.0. The highest BCUT2D eigenvalue weighted by Gasteiger charge is 2.51. The average Bonchev–Trinajstić information content (AvgIpc) is 3.72. The molecule has 1 aromatic rings. The van der Waals surface area contributed by atoms with Gasteiger partial charge in [-0.25, -0.2) is 0 Å². The van der Waals surface area contributed by atoms with E-state index in [2.05, 4.69) is 15.6 Å². The van der Waals surface area contributed by atoms with Crippen molar-refractivity contribution in [3.05, 3.63) is 35.4 Å². The summed E-state index contributed by atoms with van der Waals surface area (Å²) in [6.07, 6.45) is 5.31. The van der Waals surface area contributed by atoms with Gasteiger partial charge in [0.15, 0.2) is 5.96 Å². The van der Waals surface area contributed by atoms with Crippen LogP contribution in [0.5, 0.6) is 0 Å². The van der Waals surface area contributed by atoms with E-state index in [4.69, 9.17) is 28.7 Å². The fourth-order valence-corrected chi connectivity index (χ4v) is 7.46. The van der Waals surface area contributed by atoms with Crippen LogP contribution in [0.15, 0.2) is 29.3 Å². The highest BCUT2D eigenvalue weighted by molar-refractivity contribution is 5.97. The molecule has 16 nitrogen and oxygen atoms in total. The summed E-state index contributed by atoms with van der Waals surface area (Å²) in [7, 11) is 0. The average molecular weight is 697 g/mol. The monoisotopic (exact) mass is 696 g/mol. The number of fused-ring (bicyclic) bond motifs is 1. The molecule has 12 N–H and O–H groups in total. The first-order chi connectivity index (χ1) is 23.8.